The van der Waals surface area contributed by atoms with Crippen molar-refractivity contribution in [1.82, 2.24) is 20.1 Å². The molecule has 5 aromatic carbocycles. The van der Waals surface area contributed by atoms with E-state index in [4.69, 9.17) is 14.6 Å². The largest absolute Gasteiger partial charge is 0.448 e. The van der Waals surface area contributed by atoms with E-state index >= 15 is 0 Å². The molecule has 65 heavy (non-hydrogen) atoms. The third-order valence-electron chi connectivity index (χ3n) is 11.6. The number of aromatic nitrogens is 1. The summed E-state index contributed by atoms with van der Waals surface area (Å²) in [5.41, 5.74) is 3.77. The Bertz CT molecular complexity index is 2600. The summed E-state index contributed by atoms with van der Waals surface area (Å²) in [5, 5.41) is 11.9. The van der Waals surface area contributed by atoms with Crippen molar-refractivity contribution in [2.24, 2.45) is 5.16 Å². The zero-order valence-electron chi connectivity index (χ0n) is 35.4. The van der Waals surface area contributed by atoms with Gasteiger partial charge in [-0.05, 0) is 34.2 Å². The predicted octanol–water partition coefficient (Wildman–Crippen LogP) is 7.81. The van der Waals surface area contributed by atoms with Gasteiger partial charge in [0, 0.05) is 29.6 Å². The molecule has 12 nitrogen and oxygen atoms in total. The van der Waals surface area contributed by atoms with Crippen molar-refractivity contribution in [3.63, 3.8) is 0 Å². The third-order valence-corrected chi connectivity index (χ3v) is 15.1. The number of rotatable bonds is 15. The zero-order valence-corrected chi connectivity index (χ0v) is 37.9. The lowest BCUT2D eigenvalue weighted by molar-refractivity contribution is -0.154. The topological polar surface area (TPSA) is 143 Å². The summed E-state index contributed by atoms with van der Waals surface area (Å²) in [4.78, 5) is 70.0. The van der Waals surface area contributed by atoms with Crippen molar-refractivity contribution in [1.29, 1.82) is 0 Å². The number of nitrogens with one attached hydrogen (secondary N) is 2. The lowest BCUT2D eigenvalue weighted by Crippen LogP contribution is -2.71. The highest BCUT2D eigenvalue weighted by atomic mass is 32.2. The fourth-order valence-corrected chi connectivity index (χ4v) is 11.9. The highest BCUT2D eigenvalue weighted by molar-refractivity contribution is 8.07. The number of thiazole rings is 1. The van der Waals surface area contributed by atoms with Gasteiger partial charge in [-0.3, -0.25) is 19.3 Å². The molecule has 0 radical (unpaired) electrons. The molecule has 9 rings (SSSR count). The number of oxime groups is 1. The Labute approximate surface area is 389 Å². The van der Waals surface area contributed by atoms with Crippen molar-refractivity contribution < 1.29 is 28.8 Å². The van der Waals surface area contributed by atoms with Crippen LogP contribution in [0.1, 0.15) is 46.0 Å². The predicted molar refractivity (Wildman–Crippen MR) is 255 cm³/mol. The molecule has 3 aliphatic heterocycles. The number of carbonyl (C=O) groups is 4. The monoisotopic (exact) mass is 920 g/mol. The second kappa shape index (κ2) is 19.2. The fraction of sp³-hybridized carbons (Fsp3) is 0.200. The van der Waals surface area contributed by atoms with E-state index in [9.17, 15) is 19.2 Å². The van der Waals surface area contributed by atoms with Gasteiger partial charge in [0.15, 0.2) is 16.9 Å². The second-order valence-corrected chi connectivity index (χ2v) is 18.8. The molecular formula is C50H44N6O6S3. The number of fused-ring (bicyclic) bond motifs is 1. The van der Waals surface area contributed by atoms with Crippen LogP contribution in [0.2, 0.25) is 0 Å². The van der Waals surface area contributed by atoms with Crippen LogP contribution in [0.25, 0.3) is 0 Å². The molecule has 4 heterocycles. The Balaban J connectivity index is 0.987. The number of carbonyl (C=O) groups excluding carboxylic acids is 4. The average Bonchev–Trinajstić information content (AvgIpc) is 3.95. The van der Waals surface area contributed by atoms with E-state index in [0.29, 0.717) is 28.8 Å². The van der Waals surface area contributed by atoms with Crippen LogP contribution in [-0.2, 0) is 34.3 Å². The first-order chi connectivity index (χ1) is 31.8. The first-order valence-electron chi connectivity index (χ1n) is 21.0. The van der Waals surface area contributed by atoms with E-state index in [0.717, 1.165) is 27.8 Å². The molecule has 15 heteroatoms. The van der Waals surface area contributed by atoms with Crippen molar-refractivity contribution >= 4 is 69.4 Å². The van der Waals surface area contributed by atoms with Crippen LogP contribution in [0.3, 0.4) is 0 Å². The van der Waals surface area contributed by atoms with Crippen LogP contribution in [0, 0.1) is 0 Å². The number of esters is 1. The first-order valence-corrected chi connectivity index (χ1v) is 23.8. The molecule has 1 aromatic heterocycles. The summed E-state index contributed by atoms with van der Waals surface area (Å²) in [7, 11) is 3.09. The van der Waals surface area contributed by atoms with Gasteiger partial charge in [-0.1, -0.05) is 157 Å². The summed E-state index contributed by atoms with van der Waals surface area (Å²) in [6, 6.07) is 48.1. The van der Waals surface area contributed by atoms with Gasteiger partial charge in [0.05, 0.1) is 5.25 Å². The maximum absolute atomic E-state index is 14.6. The molecule has 0 aliphatic carbocycles. The molecule has 6 aromatic rings. The number of thioether (sulfide) groups is 2. The SMILES string of the molecule is CON=C(C(=O)N[C@@H]1C(=O)N2C(C(=O)OC(c3ccccc3)c3ccccc3)=C(SC3CCN(C)C3=O)CS[C@H]12)c1csc(NC(c2ccccc2)(c2ccccc2)c2ccccc2)n1. The van der Waals surface area contributed by atoms with Crippen LogP contribution in [-0.4, -0.2) is 87.3 Å². The van der Waals surface area contributed by atoms with E-state index in [1.54, 1.807) is 17.3 Å². The number of anilines is 1. The van der Waals surface area contributed by atoms with Crippen LogP contribution >= 0.6 is 34.9 Å². The molecule has 2 fully saturated rings. The molecule has 3 amide bonds. The summed E-state index contributed by atoms with van der Waals surface area (Å²) in [6.07, 6.45) is -0.170. The van der Waals surface area contributed by atoms with Crippen LogP contribution in [0.4, 0.5) is 5.13 Å². The molecule has 0 bridgehead atoms. The summed E-state index contributed by atoms with van der Waals surface area (Å²) in [5.74, 6) is -1.60. The van der Waals surface area contributed by atoms with Gasteiger partial charge >= 0.3 is 5.97 Å². The first kappa shape index (κ1) is 43.6. The Kier molecular flexibility index (Phi) is 12.9. The number of hydrogen-bond acceptors (Lipinski definition) is 12. The molecule has 2 saturated heterocycles. The Morgan fingerprint density at radius 2 is 1.34 bits per heavy atom. The van der Waals surface area contributed by atoms with Gasteiger partial charge in [0.1, 0.15) is 35.5 Å². The van der Waals surface area contributed by atoms with Gasteiger partial charge in [-0.2, -0.15) is 0 Å². The lowest BCUT2D eigenvalue weighted by Gasteiger charge is -2.49. The number of nitrogens with zero attached hydrogens (tertiary/aromatic N) is 4. The van der Waals surface area contributed by atoms with E-state index in [1.807, 2.05) is 115 Å². The maximum atomic E-state index is 14.6. The number of β-lactam (4-membered cyclic amide) rings is 1. The highest BCUT2D eigenvalue weighted by Gasteiger charge is 2.55. The maximum Gasteiger partial charge on any atom is 0.356 e. The Morgan fingerprint density at radius 3 is 1.85 bits per heavy atom. The van der Waals surface area contributed by atoms with E-state index in [1.165, 1.54) is 46.9 Å². The van der Waals surface area contributed by atoms with E-state index in [-0.39, 0.29) is 23.0 Å². The van der Waals surface area contributed by atoms with Crippen LogP contribution < -0.4 is 10.6 Å². The summed E-state index contributed by atoms with van der Waals surface area (Å²) >= 11 is 4.00. The normalized spacial score (nSPS) is 18.6. The number of ether oxygens (including phenoxy) is 1. The number of likely N-dealkylation sites (tertiary alicyclic amines) is 1. The lowest BCUT2D eigenvalue weighted by atomic mass is 9.77. The van der Waals surface area contributed by atoms with Crippen molar-refractivity contribution in [2.75, 3.05) is 31.8 Å². The van der Waals surface area contributed by atoms with Crippen LogP contribution in [0.15, 0.2) is 173 Å². The van der Waals surface area contributed by atoms with Crippen LogP contribution in [0.5, 0.6) is 0 Å². The Hall–Kier alpha value is -6.68. The number of benzene rings is 5. The zero-order chi connectivity index (χ0) is 44.9. The summed E-state index contributed by atoms with van der Waals surface area (Å²) < 4.78 is 6.33. The quantitative estimate of drug-likeness (QED) is 0.0345. The summed E-state index contributed by atoms with van der Waals surface area (Å²) in [6.45, 7) is 0.593. The fourth-order valence-electron chi connectivity index (χ4n) is 8.38. The molecule has 3 atom stereocenters. The minimum atomic E-state index is -1.01. The molecule has 1 unspecified atom stereocenters. The molecule has 328 valence electrons. The third kappa shape index (κ3) is 8.66. The average molecular weight is 921 g/mol. The number of hydrogen-bond donors (Lipinski definition) is 2. The van der Waals surface area contributed by atoms with E-state index in [2.05, 4.69) is 52.2 Å². The van der Waals surface area contributed by atoms with Gasteiger partial charge in [0.2, 0.25) is 5.91 Å². The van der Waals surface area contributed by atoms with E-state index < -0.39 is 46.1 Å². The minimum absolute atomic E-state index is 0.0369. The Morgan fingerprint density at radius 1 is 0.800 bits per heavy atom. The second-order valence-electron chi connectivity index (χ2n) is 15.5. The smallest absolute Gasteiger partial charge is 0.356 e. The molecule has 3 aliphatic rings. The molecule has 0 spiro atoms. The molecular weight excluding hydrogens is 877 g/mol. The molecule has 2 N–H and O–H groups in total. The van der Waals surface area contributed by atoms with Crippen molar-refractivity contribution in [3.8, 4) is 0 Å². The highest BCUT2D eigenvalue weighted by Crippen LogP contribution is 2.47. The van der Waals surface area contributed by atoms with Crippen molar-refractivity contribution in [2.45, 2.75) is 34.7 Å². The van der Waals surface area contributed by atoms with Gasteiger partial charge in [0.25, 0.3) is 11.8 Å². The molecule has 0 saturated carbocycles. The van der Waals surface area contributed by atoms with Gasteiger partial charge < -0.3 is 25.1 Å². The number of amides is 3. The minimum Gasteiger partial charge on any atom is -0.448 e. The van der Waals surface area contributed by atoms with Gasteiger partial charge in [-0.15, -0.1) is 34.9 Å². The van der Waals surface area contributed by atoms with Crippen molar-refractivity contribution in [3.05, 3.63) is 201 Å². The van der Waals surface area contributed by atoms with Gasteiger partial charge in [-0.25, -0.2) is 9.78 Å². The standard InChI is InChI=1S/C50H44N6O6S3/c1-55-29-28-38(45(55)58)65-39-31-63-47-41(46(59)56(47)42(39)48(60)62-43(32-18-8-3-9-19-32)33-20-10-4-11-21-33)52-44(57)40(54-61-2)37-30-64-49(51-37)53-50(34-22-12-5-13-23-34,35-24-14-6-15-25-35)36-26-16-7-17-27-36/h3-27,30,38,41,43,47H,28-29,31H2,1-2H3,(H,51,53)(H,52,57)/t38?,41-,47-/m1/s1.